The zero-order valence-corrected chi connectivity index (χ0v) is 11.6. The number of piperidine rings is 1. The predicted molar refractivity (Wildman–Crippen MR) is 71.0 cm³/mol. The lowest BCUT2D eigenvalue weighted by Gasteiger charge is -2.34. The van der Waals surface area contributed by atoms with Gasteiger partial charge in [-0.05, 0) is 45.7 Å². The van der Waals surface area contributed by atoms with Gasteiger partial charge < -0.3 is 14.4 Å². The Kier molecular flexibility index (Phi) is 4.58. The van der Waals surface area contributed by atoms with Gasteiger partial charge in [-0.1, -0.05) is 0 Å². The molecule has 0 radical (unpaired) electrons. The lowest BCUT2D eigenvalue weighted by molar-refractivity contribution is -0.136. The first kappa shape index (κ1) is 14.1. The summed E-state index contributed by atoms with van der Waals surface area (Å²) in [6, 6.07) is 0.616. The summed E-state index contributed by atoms with van der Waals surface area (Å²) in [7, 11) is 0. The quantitative estimate of drug-likeness (QED) is 0.882. The lowest BCUT2D eigenvalue weighted by atomic mass is 9.93. The first-order chi connectivity index (χ1) is 9.04. The third-order valence-electron chi connectivity index (χ3n) is 3.77. The van der Waals surface area contributed by atoms with Crippen LogP contribution in [0.25, 0.3) is 0 Å². The van der Waals surface area contributed by atoms with Crippen LogP contribution in [0.4, 0.5) is 0 Å². The van der Waals surface area contributed by atoms with E-state index in [1.54, 1.807) is 0 Å². The van der Waals surface area contributed by atoms with Crippen LogP contribution in [0.1, 0.15) is 38.3 Å². The molecule has 0 unspecified atom stereocenters. The van der Waals surface area contributed by atoms with Gasteiger partial charge in [0.15, 0.2) is 5.89 Å². The number of hydrogen-bond acceptors (Lipinski definition) is 4. The Morgan fingerprint density at radius 2 is 2.21 bits per heavy atom. The monoisotopic (exact) mass is 266 g/mol. The standard InChI is InChI=1S/C14H22N2O3/c1-10(2)16-5-3-11(4-6-16)7-13-15-9-12(19-13)8-14(17)18/h9-11H,3-8H2,1-2H3,(H,17,18). The van der Waals surface area contributed by atoms with Crippen LogP contribution in [-0.2, 0) is 17.6 Å². The van der Waals surface area contributed by atoms with E-state index in [0.29, 0.717) is 23.6 Å². The van der Waals surface area contributed by atoms with Gasteiger partial charge in [0.05, 0.1) is 6.20 Å². The maximum absolute atomic E-state index is 10.6. The maximum atomic E-state index is 10.6. The smallest absolute Gasteiger partial charge is 0.311 e. The van der Waals surface area contributed by atoms with Crippen molar-refractivity contribution in [2.75, 3.05) is 13.1 Å². The van der Waals surface area contributed by atoms with E-state index in [4.69, 9.17) is 9.52 Å². The molecule has 2 rings (SSSR count). The number of oxazole rings is 1. The van der Waals surface area contributed by atoms with Gasteiger partial charge in [0, 0.05) is 12.5 Å². The van der Waals surface area contributed by atoms with E-state index in [1.165, 1.54) is 6.20 Å². The van der Waals surface area contributed by atoms with Gasteiger partial charge in [-0.15, -0.1) is 0 Å². The Balaban J connectivity index is 1.82. The fourth-order valence-corrected chi connectivity index (χ4v) is 2.59. The SMILES string of the molecule is CC(C)N1CCC(Cc2ncc(CC(=O)O)o2)CC1. The van der Waals surface area contributed by atoms with Crippen molar-refractivity contribution in [2.45, 2.75) is 45.6 Å². The molecular weight excluding hydrogens is 244 g/mol. The van der Waals surface area contributed by atoms with Crippen molar-refractivity contribution in [1.29, 1.82) is 0 Å². The number of carbonyl (C=O) groups is 1. The highest BCUT2D eigenvalue weighted by atomic mass is 16.4. The number of carboxylic acids is 1. The van der Waals surface area contributed by atoms with Crippen molar-refractivity contribution in [3.8, 4) is 0 Å². The van der Waals surface area contributed by atoms with E-state index in [0.717, 1.165) is 32.4 Å². The molecule has 0 spiro atoms. The molecule has 1 N–H and O–H groups in total. The maximum Gasteiger partial charge on any atom is 0.311 e. The Bertz CT molecular complexity index is 420. The normalized spacial score (nSPS) is 18.1. The minimum atomic E-state index is -0.882. The van der Waals surface area contributed by atoms with Gasteiger partial charge >= 0.3 is 5.97 Å². The first-order valence-electron chi connectivity index (χ1n) is 6.94. The molecule has 106 valence electrons. The van der Waals surface area contributed by atoms with Gasteiger partial charge in [-0.3, -0.25) is 4.79 Å². The first-order valence-corrected chi connectivity index (χ1v) is 6.94. The van der Waals surface area contributed by atoms with E-state index >= 15 is 0 Å². The second-order valence-corrected chi connectivity index (χ2v) is 5.57. The average Bonchev–Trinajstić information content (AvgIpc) is 2.76. The summed E-state index contributed by atoms with van der Waals surface area (Å²) in [5.41, 5.74) is 0. The minimum absolute atomic E-state index is 0.0845. The van der Waals surface area contributed by atoms with Crippen LogP contribution >= 0.6 is 0 Å². The third kappa shape index (κ3) is 4.06. The molecular formula is C14H22N2O3. The van der Waals surface area contributed by atoms with E-state index < -0.39 is 5.97 Å². The molecule has 5 heteroatoms. The minimum Gasteiger partial charge on any atom is -0.481 e. The summed E-state index contributed by atoms with van der Waals surface area (Å²) in [5, 5.41) is 8.69. The molecule has 1 aromatic heterocycles. The number of rotatable bonds is 5. The number of nitrogens with zero attached hydrogens (tertiary/aromatic N) is 2. The third-order valence-corrected chi connectivity index (χ3v) is 3.77. The highest BCUT2D eigenvalue weighted by molar-refractivity contribution is 5.69. The van der Waals surface area contributed by atoms with Crippen molar-refractivity contribution in [3.05, 3.63) is 17.8 Å². The van der Waals surface area contributed by atoms with Crippen molar-refractivity contribution in [1.82, 2.24) is 9.88 Å². The van der Waals surface area contributed by atoms with Crippen LogP contribution in [0.15, 0.2) is 10.6 Å². The molecule has 2 heterocycles. The lowest BCUT2D eigenvalue weighted by Crippen LogP contribution is -2.38. The zero-order chi connectivity index (χ0) is 13.8. The fourth-order valence-electron chi connectivity index (χ4n) is 2.59. The van der Waals surface area contributed by atoms with E-state index in [9.17, 15) is 4.79 Å². The number of aliphatic carboxylic acids is 1. The van der Waals surface area contributed by atoms with Gasteiger partial charge in [0.2, 0.25) is 0 Å². The van der Waals surface area contributed by atoms with Crippen molar-refractivity contribution >= 4 is 5.97 Å². The van der Waals surface area contributed by atoms with Gasteiger partial charge in [-0.2, -0.15) is 0 Å². The molecule has 5 nitrogen and oxygen atoms in total. The number of aromatic nitrogens is 1. The zero-order valence-electron chi connectivity index (χ0n) is 11.6. The largest absolute Gasteiger partial charge is 0.481 e. The molecule has 1 fully saturated rings. The highest BCUT2D eigenvalue weighted by Gasteiger charge is 2.22. The Hall–Kier alpha value is -1.36. The Labute approximate surface area is 113 Å². The van der Waals surface area contributed by atoms with Crippen LogP contribution < -0.4 is 0 Å². The Morgan fingerprint density at radius 3 is 2.79 bits per heavy atom. The molecule has 1 aliphatic rings. The molecule has 0 bridgehead atoms. The molecule has 0 atom stereocenters. The molecule has 1 saturated heterocycles. The average molecular weight is 266 g/mol. The predicted octanol–water partition coefficient (Wildman–Crippen LogP) is 1.96. The van der Waals surface area contributed by atoms with Gasteiger partial charge in [0.1, 0.15) is 12.2 Å². The number of hydrogen-bond donors (Lipinski definition) is 1. The van der Waals surface area contributed by atoms with Crippen LogP contribution in [-0.4, -0.2) is 40.1 Å². The summed E-state index contributed by atoms with van der Waals surface area (Å²) in [6.07, 6.45) is 4.60. The van der Waals surface area contributed by atoms with E-state index in [2.05, 4.69) is 23.7 Å². The fraction of sp³-hybridized carbons (Fsp3) is 0.714. The summed E-state index contributed by atoms with van der Waals surface area (Å²) in [6.45, 7) is 6.72. The van der Waals surface area contributed by atoms with Crippen molar-refractivity contribution in [2.24, 2.45) is 5.92 Å². The second kappa shape index (κ2) is 6.19. The highest BCUT2D eigenvalue weighted by Crippen LogP contribution is 2.22. The van der Waals surface area contributed by atoms with Crippen LogP contribution in [0, 0.1) is 5.92 Å². The molecule has 0 aromatic carbocycles. The molecule has 1 aliphatic heterocycles. The van der Waals surface area contributed by atoms with Gasteiger partial charge in [-0.25, -0.2) is 4.98 Å². The molecule has 1 aromatic rings. The Morgan fingerprint density at radius 1 is 1.53 bits per heavy atom. The van der Waals surface area contributed by atoms with Crippen LogP contribution in [0.5, 0.6) is 0 Å². The molecule has 19 heavy (non-hydrogen) atoms. The van der Waals surface area contributed by atoms with Crippen LogP contribution in [0.3, 0.4) is 0 Å². The second-order valence-electron chi connectivity index (χ2n) is 5.57. The summed E-state index contributed by atoms with van der Waals surface area (Å²) < 4.78 is 5.47. The molecule has 0 saturated carbocycles. The summed E-state index contributed by atoms with van der Waals surface area (Å²) in [5.74, 6) is 0.848. The van der Waals surface area contributed by atoms with Gasteiger partial charge in [0.25, 0.3) is 0 Å². The topological polar surface area (TPSA) is 66.6 Å². The molecule has 0 amide bonds. The van der Waals surface area contributed by atoms with Crippen molar-refractivity contribution < 1.29 is 14.3 Å². The number of likely N-dealkylation sites (tertiary alicyclic amines) is 1. The summed E-state index contributed by atoms with van der Waals surface area (Å²) in [4.78, 5) is 17.2. The molecule has 0 aliphatic carbocycles. The van der Waals surface area contributed by atoms with E-state index in [-0.39, 0.29) is 6.42 Å². The number of carboxylic acid groups (broad SMARTS) is 1. The van der Waals surface area contributed by atoms with Crippen molar-refractivity contribution in [3.63, 3.8) is 0 Å². The van der Waals surface area contributed by atoms with E-state index in [1.807, 2.05) is 0 Å². The van der Waals surface area contributed by atoms with Crippen LogP contribution in [0.2, 0.25) is 0 Å². The summed E-state index contributed by atoms with van der Waals surface area (Å²) >= 11 is 0.